The second kappa shape index (κ2) is 4.97. The zero-order valence-corrected chi connectivity index (χ0v) is 9.64. The lowest BCUT2D eigenvalue weighted by molar-refractivity contribution is -0.151. The summed E-state index contributed by atoms with van der Waals surface area (Å²) in [7, 11) is 0. The molecule has 2 N–H and O–H groups in total. The molecule has 92 valence electrons. The molecule has 0 amide bonds. The Balaban J connectivity index is 2.69. The van der Waals surface area contributed by atoms with Gasteiger partial charge in [0.2, 0.25) is 0 Å². The number of aliphatic carboxylic acids is 1. The van der Waals surface area contributed by atoms with Crippen molar-refractivity contribution in [2.24, 2.45) is 0 Å². The number of ether oxygens (including phenoxy) is 1. The highest BCUT2D eigenvalue weighted by Crippen LogP contribution is 2.15. The van der Waals surface area contributed by atoms with Crippen LogP contribution in [-0.4, -0.2) is 27.8 Å². The van der Waals surface area contributed by atoms with Crippen molar-refractivity contribution in [3.63, 3.8) is 0 Å². The molecule has 0 aliphatic carbocycles. The molecule has 0 heterocycles. The molecule has 17 heavy (non-hydrogen) atoms. The van der Waals surface area contributed by atoms with E-state index in [1.54, 1.807) is 12.1 Å². The molecule has 5 heteroatoms. The Bertz CT molecular complexity index is 414. The number of hydrogen-bond acceptors (Lipinski definition) is 4. The van der Waals surface area contributed by atoms with Crippen molar-refractivity contribution in [1.29, 1.82) is 0 Å². The summed E-state index contributed by atoms with van der Waals surface area (Å²) in [6, 6.07) is 6.09. The highest BCUT2D eigenvalue weighted by Gasteiger charge is 2.26. The van der Waals surface area contributed by atoms with Crippen LogP contribution in [0.3, 0.4) is 0 Å². The lowest BCUT2D eigenvalue weighted by Gasteiger charge is -2.15. The molecule has 0 fully saturated rings. The minimum absolute atomic E-state index is 0.0836. The Kier molecular flexibility index (Phi) is 3.85. The van der Waals surface area contributed by atoms with Crippen LogP contribution in [0.25, 0.3) is 0 Å². The van der Waals surface area contributed by atoms with E-state index in [4.69, 9.17) is 9.84 Å². The van der Waals surface area contributed by atoms with Crippen LogP contribution < -0.4 is 4.74 Å². The third-order valence-electron chi connectivity index (χ3n) is 1.99. The molecule has 0 aromatic heterocycles. The zero-order chi connectivity index (χ0) is 13.1. The van der Waals surface area contributed by atoms with Gasteiger partial charge in [0.05, 0.1) is 6.42 Å². The smallest absolute Gasteiger partial charge is 0.342 e. The number of esters is 1. The Morgan fingerprint density at radius 3 is 2.18 bits per heavy atom. The van der Waals surface area contributed by atoms with E-state index in [1.807, 2.05) is 0 Å². The first-order chi connectivity index (χ1) is 7.79. The van der Waals surface area contributed by atoms with Gasteiger partial charge >= 0.3 is 11.9 Å². The summed E-state index contributed by atoms with van der Waals surface area (Å²) >= 11 is 0. The molecule has 0 saturated heterocycles. The van der Waals surface area contributed by atoms with E-state index in [1.165, 1.54) is 26.0 Å². The second-order valence-corrected chi connectivity index (χ2v) is 4.16. The van der Waals surface area contributed by atoms with Crippen molar-refractivity contribution >= 4 is 11.9 Å². The van der Waals surface area contributed by atoms with Gasteiger partial charge in [0.25, 0.3) is 0 Å². The largest absolute Gasteiger partial charge is 0.481 e. The Morgan fingerprint density at radius 2 is 1.76 bits per heavy atom. The van der Waals surface area contributed by atoms with Crippen LogP contribution in [-0.2, 0) is 16.0 Å². The van der Waals surface area contributed by atoms with Gasteiger partial charge in [-0.25, -0.2) is 4.79 Å². The van der Waals surface area contributed by atoms with Crippen molar-refractivity contribution in [3.8, 4) is 5.75 Å². The number of carboxylic acids is 1. The summed E-state index contributed by atoms with van der Waals surface area (Å²) in [4.78, 5) is 21.8. The molecule has 0 radical (unpaired) electrons. The first-order valence-corrected chi connectivity index (χ1v) is 5.04. The molecule has 0 aliphatic rings. The number of carbonyl (C=O) groups excluding carboxylic acids is 1. The number of benzene rings is 1. The molecule has 0 atom stereocenters. The van der Waals surface area contributed by atoms with Gasteiger partial charge in [0.1, 0.15) is 5.75 Å². The van der Waals surface area contributed by atoms with Gasteiger partial charge in [-0.1, -0.05) is 12.1 Å². The normalized spacial score (nSPS) is 11.0. The Hall–Kier alpha value is -1.88. The van der Waals surface area contributed by atoms with Crippen LogP contribution >= 0.6 is 0 Å². The number of carbonyl (C=O) groups is 2. The van der Waals surface area contributed by atoms with E-state index in [9.17, 15) is 14.7 Å². The minimum Gasteiger partial charge on any atom is -0.481 e. The van der Waals surface area contributed by atoms with Crippen LogP contribution in [0.15, 0.2) is 24.3 Å². The average molecular weight is 238 g/mol. The number of aliphatic hydroxyl groups is 1. The molecule has 0 unspecified atom stereocenters. The average Bonchev–Trinajstić information content (AvgIpc) is 2.18. The fraction of sp³-hybridized carbons (Fsp3) is 0.333. The summed E-state index contributed by atoms with van der Waals surface area (Å²) in [6.07, 6.45) is -0.0836. The molecule has 1 rings (SSSR count). The molecule has 1 aromatic rings. The van der Waals surface area contributed by atoms with E-state index in [2.05, 4.69) is 0 Å². The van der Waals surface area contributed by atoms with Gasteiger partial charge in [0.15, 0.2) is 5.60 Å². The minimum atomic E-state index is -1.56. The topological polar surface area (TPSA) is 83.8 Å². The van der Waals surface area contributed by atoms with Crippen LogP contribution in [0.4, 0.5) is 0 Å². The summed E-state index contributed by atoms with van der Waals surface area (Å²) in [5.41, 5.74) is -0.944. The second-order valence-electron chi connectivity index (χ2n) is 4.16. The van der Waals surface area contributed by atoms with Crippen molar-refractivity contribution in [2.75, 3.05) is 0 Å². The van der Waals surface area contributed by atoms with Crippen LogP contribution in [0.5, 0.6) is 5.75 Å². The van der Waals surface area contributed by atoms with Gasteiger partial charge in [-0.2, -0.15) is 0 Å². The first-order valence-electron chi connectivity index (χ1n) is 5.04. The zero-order valence-electron chi connectivity index (χ0n) is 9.64. The number of carboxylic acid groups (broad SMARTS) is 1. The standard InChI is InChI=1S/C12H14O5/c1-12(2,16)11(15)17-9-5-3-8(4-6-9)7-10(13)14/h3-6,16H,7H2,1-2H3,(H,13,14). The molecule has 0 bridgehead atoms. The molecule has 0 spiro atoms. The summed E-state index contributed by atoms with van der Waals surface area (Å²) in [5, 5.41) is 17.9. The maximum Gasteiger partial charge on any atom is 0.342 e. The van der Waals surface area contributed by atoms with Crippen LogP contribution in [0.2, 0.25) is 0 Å². The van der Waals surface area contributed by atoms with Gasteiger partial charge in [-0.3, -0.25) is 4.79 Å². The quantitative estimate of drug-likeness (QED) is 0.603. The van der Waals surface area contributed by atoms with Crippen LogP contribution in [0.1, 0.15) is 19.4 Å². The molecule has 1 aromatic carbocycles. The van der Waals surface area contributed by atoms with Crippen molar-refractivity contribution in [3.05, 3.63) is 29.8 Å². The first kappa shape index (κ1) is 13.2. The Labute approximate surface area is 98.6 Å². The molecule has 5 nitrogen and oxygen atoms in total. The van der Waals surface area contributed by atoms with E-state index >= 15 is 0 Å². The highest BCUT2D eigenvalue weighted by atomic mass is 16.6. The maximum absolute atomic E-state index is 11.3. The fourth-order valence-electron chi connectivity index (χ4n) is 1.08. The maximum atomic E-state index is 11.3. The lowest BCUT2D eigenvalue weighted by atomic mass is 10.1. The fourth-order valence-corrected chi connectivity index (χ4v) is 1.08. The van der Waals surface area contributed by atoms with E-state index < -0.39 is 17.5 Å². The number of hydrogen-bond donors (Lipinski definition) is 2. The van der Waals surface area contributed by atoms with Gasteiger partial charge in [0, 0.05) is 0 Å². The predicted molar refractivity (Wildman–Crippen MR) is 59.7 cm³/mol. The van der Waals surface area contributed by atoms with Gasteiger partial charge in [-0.15, -0.1) is 0 Å². The Morgan fingerprint density at radius 1 is 1.24 bits per heavy atom. The lowest BCUT2D eigenvalue weighted by Crippen LogP contribution is -2.35. The third-order valence-corrected chi connectivity index (χ3v) is 1.99. The van der Waals surface area contributed by atoms with Crippen molar-refractivity contribution < 1.29 is 24.5 Å². The molecular weight excluding hydrogens is 224 g/mol. The monoisotopic (exact) mass is 238 g/mol. The summed E-state index contributed by atoms with van der Waals surface area (Å²) in [5.74, 6) is -1.42. The van der Waals surface area contributed by atoms with Crippen molar-refractivity contribution in [2.45, 2.75) is 25.9 Å². The third kappa shape index (κ3) is 4.24. The molecule has 0 saturated carbocycles. The predicted octanol–water partition coefficient (Wildman–Crippen LogP) is 0.990. The van der Waals surface area contributed by atoms with Gasteiger partial charge in [-0.05, 0) is 31.5 Å². The van der Waals surface area contributed by atoms with Crippen molar-refractivity contribution in [1.82, 2.24) is 0 Å². The van der Waals surface area contributed by atoms with Crippen LogP contribution in [0, 0.1) is 0 Å². The molecular formula is C12H14O5. The van der Waals surface area contributed by atoms with E-state index in [0.29, 0.717) is 5.56 Å². The van der Waals surface area contributed by atoms with Gasteiger partial charge < -0.3 is 14.9 Å². The van der Waals surface area contributed by atoms with E-state index in [0.717, 1.165) is 0 Å². The SMILES string of the molecule is CC(C)(O)C(=O)Oc1ccc(CC(=O)O)cc1. The summed E-state index contributed by atoms with van der Waals surface area (Å²) in [6.45, 7) is 2.66. The summed E-state index contributed by atoms with van der Waals surface area (Å²) < 4.78 is 4.90. The van der Waals surface area contributed by atoms with E-state index in [-0.39, 0.29) is 12.2 Å². The highest BCUT2D eigenvalue weighted by molar-refractivity contribution is 5.80. The number of rotatable bonds is 4. The molecule has 0 aliphatic heterocycles.